The molecule has 39 heavy (non-hydrogen) atoms. The molecule has 0 aliphatic carbocycles. The predicted molar refractivity (Wildman–Crippen MR) is 155 cm³/mol. The summed E-state index contributed by atoms with van der Waals surface area (Å²) in [6.45, 7) is 12.9. The predicted octanol–water partition coefficient (Wildman–Crippen LogP) is 8.22. The minimum absolute atomic E-state index is 0.255. The lowest BCUT2D eigenvalue weighted by molar-refractivity contribution is 0.177. The molecular weight excluding hydrogens is 530 g/mol. The van der Waals surface area contributed by atoms with Crippen molar-refractivity contribution < 1.29 is 18.9 Å². The van der Waals surface area contributed by atoms with Gasteiger partial charge in [-0.25, -0.2) is 0 Å². The minimum Gasteiger partial charge on any atom is -0.488 e. The van der Waals surface area contributed by atoms with Gasteiger partial charge in [-0.1, -0.05) is 52.9 Å². The summed E-state index contributed by atoms with van der Waals surface area (Å²) in [6, 6.07) is 4.63. The lowest BCUT2D eigenvalue weighted by Crippen LogP contribution is -2.32. The lowest BCUT2D eigenvalue weighted by Gasteiger charge is -2.29. The summed E-state index contributed by atoms with van der Waals surface area (Å²) in [4.78, 5) is 3.66. The molecule has 210 valence electrons. The van der Waals surface area contributed by atoms with Crippen molar-refractivity contribution in [1.29, 1.82) is 10.5 Å². The third-order valence-electron chi connectivity index (χ3n) is 7.40. The van der Waals surface area contributed by atoms with Crippen LogP contribution in [0.1, 0.15) is 79.6 Å². The van der Waals surface area contributed by atoms with Gasteiger partial charge in [0.25, 0.3) is 0 Å². The maximum absolute atomic E-state index is 10.2. The van der Waals surface area contributed by atoms with Crippen LogP contribution in [0.2, 0.25) is 0 Å². The van der Waals surface area contributed by atoms with Gasteiger partial charge >= 0.3 is 0 Å². The molecule has 1 aromatic rings. The second-order valence-corrected chi connectivity index (χ2v) is 12.2. The average molecular weight is 570 g/mol. The van der Waals surface area contributed by atoms with Crippen molar-refractivity contribution in [3.63, 3.8) is 0 Å². The number of unbranched alkanes of at least 4 members (excludes halogenated alkanes) is 2. The molecule has 0 aromatic heterocycles. The molecule has 9 heteroatoms. The molecule has 0 saturated heterocycles. The van der Waals surface area contributed by atoms with E-state index in [9.17, 15) is 10.5 Å². The molecule has 0 amide bonds. The van der Waals surface area contributed by atoms with Gasteiger partial charge in [0, 0.05) is 19.0 Å². The van der Waals surface area contributed by atoms with E-state index in [1.54, 1.807) is 6.92 Å². The van der Waals surface area contributed by atoms with Crippen LogP contribution >= 0.6 is 23.5 Å². The number of hydrogen-bond acceptors (Lipinski definition) is 9. The van der Waals surface area contributed by atoms with Crippen LogP contribution in [0.3, 0.4) is 0 Å². The Morgan fingerprint density at radius 1 is 1.05 bits per heavy atom. The number of benzene rings is 1. The number of nitriles is 2. The first-order valence-electron chi connectivity index (χ1n) is 14.2. The lowest BCUT2D eigenvalue weighted by atomic mass is 10.0. The van der Waals surface area contributed by atoms with Crippen LogP contribution in [0.4, 0.5) is 0 Å². The number of rotatable bonds is 11. The van der Waals surface area contributed by atoms with Crippen molar-refractivity contribution in [3.05, 3.63) is 21.5 Å². The van der Waals surface area contributed by atoms with Crippen molar-refractivity contribution in [2.24, 2.45) is 11.8 Å². The monoisotopic (exact) mass is 569 g/mol. The quantitative estimate of drug-likeness (QED) is 0.245. The summed E-state index contributed by atoms with van der Waals surface area (Å²) in [7, 11) is 0. The zero-order valence-electron chi connectivity index (χ0n) is 23.7. The molecule has 2 unspecified atom stereocenters. The molecule has 0 spiro atoms. The first-order valence-corrected chi connectivity index (χ1v) is 15.8. The molecule has 3 aliphatic heterocycles. The summed E-state index contributed by atoms with van der Waals surface area (Å²) < 4.78 is 25.9. The Morgan fingerprint density at radius 3 is 2.51 bits per heavy atom. The smallest absolute Gasteiger partial charge is 0.200 e. The van der Waals surface area contributed by atoms with Crippen molar-refractivity contribution in [2.45, 2.75) is 89.4 Å². The number of thioether (sulfide) groups is 2. The van der Waals surface area contributed by atoms with Gasteiger partial charge < -0.3 is 23.8 Å². The molecule has 3 aliphatic rings. The van der Waals surface area contributed by atoms with Gasteiger partial charge in [-0.2, -0.15) is 10.5 Å². The standard InChI is InChI=1S/C30H39N3O4S2/c1-6-10-12-20(8-3)17-34-23-25-27(38-29(36-25)19(5)14-31)24-26-28(23)39-30(37-26)22(15-32)33(9-4)16-21(18-35-24)13-11-7-2/h20-21H,6-13,16-18H2,1-5H3/b29-19-,30-22+. The summed E-state index contributed by atoms with van der Waals surface area (Å²) >= 11 is 2.79. The van der Waals surface area contributed by atoms with Crippen LogP contribution < -0.4 is 18.9 Å². The van der Waals surface area contributed by atoms with Crippen molar-refractivity contribution in [1.82, 2.24) is 4.90 Å². The molecule has 2 atom stereocenters. The van der Waals surface area contributed by atoms with E-state index in [-0.39, 0.29) is 5.92 Å². The van der Waals surface area contributed by atoms with E-state index in [0.29, 0.717) is 70.1 Å². The molecule has 0 N–H and O–H groups in total. The largest absolute Gasteiger partial charge is 0.488 e. The molecule has 0 fully saturated rings. The van der Waals surface area contributed by atoms with Gasteiger partial charge in [-0.3, -0.25) is 0 Å². The Labute approximate surface area is 241 Å². The summed E-state index contributed by atoms with van der Waals surface area (Å²) in [5, 5.41) is 20.9. The maximum atomic E-state index is 10.2. The highest BCUT2D eigenvalue weighted by Crippen LogP contribution is 2.65. The molecule has 1 aromatic carbocycles. The number of fused-ring (bicyclic) bond motifs is 3. The number of hydrogen-bond donors (Lipinski definition) is 0. The molecule has 2 bridgehead atoms. The average Bonchev–Trinajstić information content (AvgIpc) is 3.59. The Kier molecular flexibility index (Phi) is 10.3. The van der Waals surface area contributed by atoms with Gasteiger partial charge in [0.1, 0.15) is 15.9 Å². The first kappa shape index (κ1) is 29.4. The molecule has 7 nitrogen and oxygen atoms in total. The summed E-state index contributed by atoms with van der Waals surface area (Å²) in [5.41, 5.74) is 1.05. The second-order valence-electron chi connectivity index (χ2n) is 10.2. The number of nitrogens with zero attached hydrogens (tertiary/aromatic N) is 3. The van der Waals surface area contributed by atoms with Crippen LogP contribution in [0.5, 0.6) is 23.0 Å². The normalized spacial score (nSPS) is 21.6. The van der Waals surface area contributed by atoms with E-state index < -0.39 is 0 Å². The maximum Gasteiger partial charge on any atom is 0.200 e. The number of ether oxygens (including phenoxy) is 4. The Morgan fingerprint density at radius 2 is 1.85 bits per heavy atom. The molecule has 0 saturated carbocycles. The first-order chi connectivity index (χ1) is 19.0. The van der Waals surface area contributed by atoms with Gasteiger partial charge in [0.15, 0.2) is 38.9 Å². The van der Waals surface area contributed by atoms with Crippen molar-refractivity contribution >= 4 is 23.5 Å². The summed E-state index contributed by atoms with van der Waals surface area (Å²) in [5.74, 6) is 3.06. The highest BCUT2D eigenvalue weighted by Gasteiger charge is 2.41. The van der Waals surface area contributed by atoms with E-state index >= 15 is 0 Å². The number of allylic oxidation sites excluding steroid dienone is 2. The van der Waals surface area contributed by atoms with Gasteiger partial charge in [-0.05, 0) is 56.1 Å². The zero-order valence-corrected chi connectivity index (χ0v) is 25.4. The van der Waals surface area contributed by atoms with Crippen LogP contribution in [-0.2, 0) is 0 Å². The van der Waals surface area contributed by atoms with E-state index in [2.05, 4.69) is 44.7 Å². The zero-order chi connectivity index (χ0) is 27.9. The SMILES string of the molecule is CCCCC(CC)COc1c2c(c3c4c1S/C(=C(\C#N)N(CC)CC(CCCC)CO3)O4)S/C(=C(/C)C#N)O2. The van der Waals surface area contributed by atoms with Crippen LogP contribution in [-0.4, -0.2) is 31.2 Å². The van der Waals surface area contributed by atoms with Gasteiger partial charge in [0.2, 0.25) is 0 Å². The Hall–Kier alpha value is -2.62. The third kappa shape index (κ3) is 6.26. The molecule has 3 heterocycles. The molecule has 4 rings (SSSR count). The van der Waals surface area contributed by atoms with Crippen LogP contribution in [0.25, 0.3) is 0 Å². The fourth-order valence-corrected chi connectivity index (χ4v) is 6.95. The topological polar surface area (TPSA) is 87.7 Å². The van der Waals surface area contributed by atoms with Gasteiger partial charge in [-0.15, -0.1) is 0 Å². The summed E-state index contributed by atoms with van der Waals surface area (Å²) in [6.07, 6.45) is 7.65. The Bertz CT molecular complexity index is 1210. The third-order valence-corrected chi connectivity index (χ3v) is 9.59. The highest BCUT2D eigenvalue weighted by atomic mass is 32.2. The molecular formula is C30H39N3O4S2. The second kappa shape index (κ2) is 13.6. The minimum atomic E-state index is 0.255. The van der Waals surface area contributed by atoms with Crippen LogP contribution in [0, 0.1) is 34.5 Å². The van der Waals surface area contributed by atoms with E-state index in [1.165, 1.54) is 23.5 Å². The van der Waals surface area contributed by atoms with Gasteiger partial charge in [0.05, 0.1) is 24.9 Å². The van der Waals surface area contributed by atoms with Crippen molar-refractivity contribution in [3.8, 4) is 35.1 Å². The highest BCUT2D eigenvalue weighted by molar-refractivity contribution is 8.04. The van der Waals surface area contributed by atoms with Crippen LogP contribution in [0.15, 0.2) is 31.2 Å². The van der Waals surface area contributed by atoms with E-state index in [4.69, 9.17) is 18.9 Å². The van der Waals surface area contributed by atoms with E-state index in [1.807, 2.05) is 0 Å². The molecule has 0 radical (unpaired) electrons. The van der Waals surface area contributed by atoms with Crippen molar-refractivity contribution in [2.75, 3.05) is 26.3 Å². The Balaban J connectivity index is 1.83. The fourth-order valence-electron chi connectivity index (χ4n) is 4.92. The fraction of sp³-hybridized carbons (Fsp3) is 0.600. The van der Waals surface area contributed by atoms with E-state index in [0.717, 1.165) is 61.3 Å².